The number of benzene rings is 3. The van der Waals surface area contributed by atoms with Crippen molar-refractivity contribution in [3.63, 3.8) is 0 Å². The van der Waals surface area contributed by atoms with E-state index in [-0.39, 0.29) is 24.3 Å². The molecule has 0 aromatic heterocycles. The first-order chi connectivity index (χ1) is 22.9. The van der Waals surface area contributed by atoms with Gasteiger partial charge in [0.15, 0.2) is 30.0 Å². The Kier molecular flexibility index (Phi) is 9.97. The van der Waals surface area contributed by atoms with Crippen LogP contribution in [0.3, 0.4) is 0 Å². The SMILES string of the molecule is COC(=O)[C@]1(O[Si](C)(C)C)[C@@H](CO[Si](c2ccccc2)(c2ccccc2)C(C)(C)C)OC(=O)[C@@]12CCC(O)(CS(=O)(=O)c1ccccc1)O2. The summed E-state index contributed by atoms with van der Waals surface area (Å²) in [6.45, 7) is 11.5. The number of aliphatic hydroxyl groups is 1. The van der Waals surface area contributed by atoms with Gasteiger partial charge < -0.3 is 28.2 Å². The second kappa shape index (κ2) is 13.2. The Morgan fingerprint density at radius 1 is 0.898 bits per heavy atom. The molecule has 3 aromatic carbocycles. The van der Waals surface area contributed by atoms with Gasteiger partial charge in [-0.3, -0.25) is 0 Å². The van der Waals surface area contributed by atoms with E-state index in [2.05, 4.69) is 20.8 Å². The Morgan fingerprint density at radius 3 is 1.88 bits per heavy atom. The van der Waals surface area contributed by atoms with Gasteiger partial charge in [-0.2, -0.15) is 0 Å². The van der Waals surface area contributed by atoms with E-state index in [0.717, 1.165) is 10.4 Å². The summed E-state index contributed by atoms with van der Waals surface area (Å²) in [4.78, 5) is 28.4. The number of methoxy groups -OCH3 is 1. The lowest BCUT2D eigenvalue weighted by atomic mass is 9.79. The molecular formula is C36H46O10SSi2. The average molecular weight is 727 g/mol. The monoisotopic (exact) mass is 726 g/mol. The van der Waals surface area contributed by atoms with E-state index in [4.69, 9.17) is 23.1 Å². The minimum Gasteiger partial charge on any atom is -0.467 e. The van der Waals surface area contributed by atoms with Crippen LogP contribution in [-0.4, -0.2) is 84.7 Å². The third-order valence-electron chi connectivity index (χ3n) is 9.21. The number of hydrogen-bond acceptors (Lipinski definition) is 10. The third kappa shape index (κ3) is 6.57. The minimum atomic E-state index is -4.08. The number of sulfone groups is 1. The van der Waals surface area contributed by atoms with Gasteiger partial charge in [-0.1, -0.05) is 99.6 Å². The van der Waals surface area contributed by atoms with Crippen molar-refractivity contribution in [1.29, 1.82) is 0 Å². The van der Waals surface area contributed by atoms with Crippen molar-refractivity contribution in [3.05, 3.63) is 91.0 Å². The Labute approximate surface area is 290 Å². The Hall–Kier alpha value is -3.18. The summed E-state index contributed by atoms with van der Waals surface area (Å²) in [7, 11) is -8.90. The third-order valence-corrected chi connectivity index (χ3v) is 17.0. The lowest BCUT2D eigenvalue weighted by Crippen LogP contribution is -2.71. The van der Waals surface area contributed by atoms with Crippen LogP contribution >= 0.6 is 0 Å². The summed E-state index contributed by atoms with van der Waals surface area (Å²) in [5, 5.41) is 13.2. The lowest BCUT2D eigenvalue weighted by molar-refractivity contribution is -0.245. The zero-order chi connectivity index (χ0) is 35.9. The first-order valence-electron chi connectivity index (χ1n) is 16.3. The second-order valence-electron chi connectivity index (χ2n) is 14.8. The van der Waals surface area contributed by atoms with Crippen molar-refractivity contribution in [1.82, 2.24) is 0 Å². The van der Waals surface area contributed by atoms with Crippen molar-refractivity contribution in [3.8, 4) is 0 Å². The van der Waals surface area contributed by atoms with Gasteiger partial charge in [0.25, 0.3) is 8.32 Å². The van der Waals surface area contributed by atoms with Crippen LogP contribution in [0.1, 0.15) is 33.6 Å². The highest BCUT2D eigenvalue weighted by atomic mass is 32.2. The van der Waals surface area contributed by atoms with E-state index >= 15 is 0 Å². The van der Waals surface area contributed by atoms with E-state index in [9.17, 15) is 23.1 Å². The smallest absolute Gasteiger partial charge is 0.344 e. The molecule has 2 fully saturated rings. The van der Waals surface area contributed by atoms with Crippen LogP contribution in [0.4, 0.5) is 0 Å². The molecule has 0 radical (unpaired) electrons. The maximum absolute atomic E-state index is 14.2. The quantitative estimate of drug-likeness (QED) is 0.229. The fraction of sp³-hybridized carbons (Fsp3) is 0.444. The van der Waals surface area contributed by atoms with E-state index in [1.54, 1.807) is 18.2 Å². The fourth-order valence-electron chi connectivity index (χ4n) is 7.27. The summed E-state index contributed by atoms with van der Waals surface area (Å²) in [5.74, 6) is -5.09. The zero-order valence-corrected chi connectivity index (χ0v) is 31.9. The summed E-state index contributed by atoms with van der Waals surface area (Å²) in [5.41, 5.74) is -4.45. The maximum atomic E-state index is 14.2. The molecule has 0 saturated carbocycles. The summed E-state index contributed by atoms with van der Waals surface area (Å²) >= 11 is 0. The lowest BCUT2D eigenvalue weighted by Gasteiger charge is -2.46. The number of ether oxygens (including phenoxy) is 3. The van der Waals surface area contributed by atoms with Gasteiger partial charge in [-0.25, -0.2) is 18.0 Å². The second-order valence-corrected chi connectivity index (χ2v) is 25.5. The Morgan fingerprint density at radius 2 is 1.41 bits per heavy atom. The molecule has 5 rings (SSSR count). The highest BCUT2D eigenvalue weighted by Gasteiger charge is 2.79. The molecule has 0 bridgehead atoms. The molecule has 13 heteroatoms. The standard InChI is InChI=1S/C36H46O10SSi2/c1-33(2,3)49(28-19-13-9-14-20-28,29-21-15-10-16-22-29)43-25-30-36(32(38)42-4,46-48(5,6)7)35(31(37)44-30)24-23-34(39,45-35)26-47(40,41)27-17-11-8-12-18-27/h8-22,30,39H,23-26H2,1-7H3/t30-,34?,35+,36-/m1/s1. The van der Waals surface area contributed by atoms with Crippen LogP contribution in [-0.2, 0) is 42.5 Å². The molecule has 1 N–H and O–H groups in total. The number of hydrogen-bond donors (Lipinski definition) is 1. The van der Waals surface area contributed by atoms with Crippen molar-refractivity contribution in [2.75, 3.05) is 19.5 Å². The van der Waals surface area contributed by atoms with Crippen molar-refractivity contribution >= 4 is 48.8 Å². The van der Waals surface area contributed by atoms with Crippen LogP contribution in [0.2, 0.25) is 24.7 Å². The molecule has 2 aliphatic heterocycles. The molecule has 2 heterocycles. The van der Waals surface area contributed by atoms with Crippen LogP contribution in [0.5, 0.6) is 0 Å². The molecule has 3 aromatic rings. The molecule has 264 valence electrons. The van der Waals surface area contributed by atoms with Gasteiger partial charge in [-0.05, 0) is 53.6 Å². The van der Waals surface area contributed by atoms with Crippen molar-refractivity contribution in [2.45, 2.75) is 86.3 Å². The number of carbonyl (C=O) groups is 2. The van der Waals surface area contributed by atoms with Crippen LogP contribution in [0.15, 0.2) is 95.9 Å². The maximum Gasteiger partial charge on any atom is 0.344 e. The van der Waals surface area contributed by atoms with E-state index in [0.29, 0.717) is 0 Å². The predicted octanol–water partition coefficient (Wildman–Crippen LogP) is 3.96. The molecule has 4 atom stereocenters. The summed E-state index contributed by atoms with van der Waals surface area (Å²) < 4.78 is 58.3. The first-order valence-corrected chi connectivity index (χ1v) is 23.3. The highest BCUT2D eigenvalue weighted by molar-refractivity contribution is 7.91. The molecule has 1 spiro atoms. The average Bonchev–Trinajstić information content (AvgIpc) is 3.50. The summed E-state index contributed by atoms with van der Waals surface area (Å²) in [6.07, 6.45) is -1.92. The summed E-state index contributed by atoms with van der Waals surface area (Å²) in [6, 6.07) is 27.4. The minimum absolute atomic E-state index is 0.0175. The number of rotatable bonds is 11. The first kappa shape index (κ1) is 37.1. The van der Waals surface area contributed by atoms with Gasteiger partial charge in [-0.15, -0.1) is 0 Å². The number of esters is 2. The molecule has 1 unspecified atom stereocenters. The molecular weight excluding hydrogens is 681 g/mol. The molecule has 2 saturated heterocycles. The van der Waals surface area contributed by atoms with Gasteiger partial charge in [0.1, 0.15) is 5.75 Å². The van der Waals surface area contributed by atoms with Gasteiger partial charge >= 0.3 is 11.9 Å². The normalized spacial score (nSPS) is 26.1. The van der Waals surface area contributed by atoms with Crippen LogP contribution in [0.25, 0.3) is 0 Å². The van der Waals surface area contributed by atoms with Crippen molar-refractivity contribution in [2.24, 2.45) is 0 Å². The Balaban J connectivity index is 1.62. The Bertz CT molecular complexity index is 1720. The van der Waals surface area contributed by atoms with Gasteiger partial charge in [0, 0.05) is 6.42 Å². The largest absolute Gasteiger partial charge is 0.467 e. The number of cyclic esters (lactones) is 1. The van der Waals surface area contributed by atoms with E-state index in [1.165, 1.54) is 19.2 Å². The van der Waals surface area contributed by atoms with Crippen LogP contribution in [0, 0.1) is 0 Å². The van der Waals surface area contributed by atoms with Gasteiger partial charge in [0.05, 0.1) is 18.6 Å². The molecule has 2 aliphatic rings. The molecule has 49 heavy (non-hydrogen) atoms. The zero-order valence-electron chi connectivity index (χ0n) is 29.1. The van der Waals surface area contributed by atoms with Crippen molar-refractivity contribution < 1.29 is 46.2 Å². The number of carbonyl (C=O) groups excluding carboxylic acids is 2. The molecule has 10 nitrogen and oxygen atoms in total. The fourth-order valence-corrected chi connectivity index (χ4v) is 14.7. The van der Waals surface area contributed by atoms with Gasteiger partial charge in [0.2, 0.25) is 11.2 Å². The van der Waals surface area contributed by atoms with E-state index < -0.39 is 72.3 Å². The highest BCUT2D eigenvalue weighted by Crippen LogP contribution is 2.54. The molecule has 0 aliphatic carbocycles. The van der Waals surface area contributed by atoms with Crippen LogP contribution < -0.4 is 10.4 Å². The predicted molar refractivity (Wildman–Crippen MR) is 189 cm³/mol. The molecule has 0 amide bonds. The van der Waals surface area contributed by atoms with E-state index in [1.807, 2.05) is 80.3 Å². The topological polar surface area (TPSA) is 135 Å².